The number of phenols is 1. The molecule has 0 fully saturated rings. The maximum atomic E-state index is 11.3. The second-order valence-corrected chi connectivity index (χ2v) is 4.37. The number of amides is 2. The fourth-order valence-electron chi connectivity index (χ4n) is 1.36. The molecule has 0 aliphatic carbocycles. The van der Waals surface area contributed by atoms with Crippen LogP contribution in [0.25, 0.3) is 0 Å². The Balaban J connectivity index is 2.20. The van der Waals surface area contributed by atoms with Crippen LogP contribution in [-0.2, 0) is 0 Å². The molecular weight excluding hydrogens is 244 g/mol. The molecule has 0 saturated heterocycles. The van der Waals surface area contributed by atoms with E-state index in [1.807, 2.05) is 14.1 Å². The van der Waals surface area contributed by atoms with Gasteiger partial charge in [-0.25, -0.2) is 10.2 Å². The Labute approximate surface area is 113 Å². The summed E-state index contributed by atoms with van der Waals surface area (Å²) < 4.78 is 0. The Kier molecular flexibility index (Phi) is 6.38. The van der Waals surface area contributed by atoms with E-state index in [1.165, 1.54) is 6.21 Å². The van der Waals surface area contributed by atoms with Gasteiger partial charge in [0.15, 0.2) is 0 Å². The van der Waals surface area contributed by atoms with Crippen LogP contribution in [-0.4, -0.2) is 49.4 Å². The molecule has 0 aliphatic rings. The molecular formula is C13H20N4O2. The number of carbonyl (C=O) groups excluding carboxylic acids is 1. The molecule has 1 aromatic carbocycles. The SMILES string of the molecule is CN(C)CCCNC(=O)NN=Cc1ccc(O)cc1. The van der Waals surface area contributed by atoms with Crippen LogP contribution in [0.5, 0.6) is 5.75 Å². The lowest BCUT2D eigenvalue weighted by atomic mass is 10.2. The topological polar surface area (TPSA) is 77.0 Å². The van der Waals surface area contributed by atoms with E-state index < -0.39 is 0 Å². The molecule has 0 unspecified atom stereocenters. The minimum absolute atomic E-state index is 0.198. The van der Waals surface area contributed by atoms with Crippen molar-refractivity contribution in [2.45, 2.75) is 6.42 Å². The maximum Gasteiger partial charge on any atom is 0.335 e. The molecule has 0 radical (unpaired) electrons. The Bertz CT molecular complexity index is 415. The van der Waals surface area contributed by atoms with Crippen molar-refractivity contribution < 1.29 is 9.90 Å². The molecule has 2 amide bonds. The molecule has 19 heavy (non-hydrogen) atoms. The summed E-state index contributed by atoms with van der Waals surface area (Å²) in [6.07, 6.45) is 2.40. The largest absolute Gasteiger partial charge is 0.508 e. The molecule has 0 heterocycles. The van der Waals surface area contributed by atoms with Crippen LogP contribution in [0.4, 0.5) is 4.79 Å². The van der Waals surface area contributed by atoms with Crippen LogP contribution in [0.1, 0.15) is 12.0 Å². The van der Waals surface area contributed by atoms with Crippen molar-refractivity contribution in [2.75, 3.05) is 27.2 Å². The molecule has 3 N–H and O–H groups in total. The van der Waals surface area contributed by atoms with Gasteiger partial charge in [-0.05, 0) is 56.9 Å². The minimum Gasteiger partial charge on any atom is -0.508 e. The van der Waals surface area contributed by atoms with Crippen LogP contribution < -0.4 is 10.7 Å². The second-order valence-electron chi connectivity index (χ2n) is 4.37. The number of benzene rings is 1. The standard InChI is InChI=1S/C13H20N4O2/c1-17(2)9-3-8-14-13(19)16-15-10-11-4-6-12(18)7-5-11/h4-7,10,18H,3,8-9H2,1-2H3,(H2,14,16,19). The van der Waals surface area contributed by atoms with Crippen molar-refractivity contribution in [3.8, 4) is 5.75 Å². The molecule has 0 aromatic heterocycles. The summed E-state index contributed by atoms with van der Waals surface area (Å²) in [4.78, 5) is 13.4. The number of nitrogens with one attached hydrogen (secondary N) is 2. The summed E-state index contributed by atoms with van der Waals surface area (Å²) in [6.45, 7) is 1.54. The number of hydrazone groups is 1. The predicted molar refractivity (Wildman–Crippen MR) is 75.4 cm³/mol. The van der Waals surface area contributed by atoms with Gasteiger partial charge in [0.05, 0.1) is 6.21 Å². The van der Waals surface area contributed by atoms with Gasteiger partial charge in [-0.1, -0.05) is 0 Å². The average Bonchev–Trinajstić information content (AvgIpc) is 2.37. The highest BCUT2D eigenvalue weighted by Crippen LogP contribution is 2.07. The number of rotatable bonds is 6. The molecule has 6 nitrogen and oxygen atoms in total. The molecule has 0 bridgehead atoms. The van der Waals surface area contributed by atoms with Gasteiger partial charge >= 0.3 is 6.03 Å². The van der Waals surface area contributed by atoms with Gasteiger partial charge in [-0.15, -0.1) is 0 Å². The summed E-state index contributed by atoms with van der Waals surface area (Å²) in [5.74, 6) is 0.198. The quantitative estimate of drug-likeness (QED) is 0.407. The lowest BCUT2D eigenvalue weighted by Gasteiger charge is -2.09. The van der Waals surface area contributed by atoms with E-state index in [-0.39, 0.29) is 11.8 Å². The molecule has 6 heteroatoms. The molecule has 0 spiro atoms. The molecule has 1 rings (SSSR count). The van der Waals surface area contributed by atoms with E-state index in [2.05, 4.69) is 20.7 Å². The molecule has 104 valence electrons. The third-order valence-electron chi connectivity index (χ3n) is 2.34. The second kappa shape index (κ2) is 8.10. The average molecular weight is 264 g/mol. The van der Waals surface area contributed by atoms with Gasteiger partial charge < -0.3 is 15.3 Å². The van der Waals surface area contributed by atoms with E-state index in [4.69, 9.17) is 5.11 Å². The van der Waals surface area contributed by atoms with Crippen LogP contribution in [0.3, 0.4) is 0 Å². The minimum atomic E-state index is -0.325. The first-order chi connectivity index (χ1) is 9.08. The summed E-state index contributed by atoms with van der Waals surface area (Å²) in [5, 5.41) is 15.6. The summed E-state index contributed by atoms with van der Waals surface area (Å²) in [6, 6.07) is 6.20. The van der Waals surface area contributed by atoms with Crippen molar-refractivity contribution in [3.63, 3.8) is 0 Å². The third kappa shape index (κ3) is 7.05. The molecule has 1 aromatic rings. The Morgan fingerprint density at radius 1 is 1.37 bits per heavy atom. The van der Waals surface area contributed by atoms with Crippen LogP contribution in [0.15, 0.2) is 29.4 Å². The lowest BCUT2D eigenvalue weighted by Crippen LogP contribution is -2.34. The van der Waals surface area contributed by atoms with Gasteiger partial charge in [0.25, 0.3) is 0 Å². The van der Waals surface area contributed by atoms with Crippen molar-refractivity contribution in [3.05, 3.63) is 29.8 Å². The zero-order valence-corrected chi connectivity index (χ0v) is 11.3. The number of aromatic hydroxyl groups is 1. The first-order valence-electron chi connectivity index (χ1n) is 6.08. The van der Waals surface area contributed by atoms with Crippen molar-refractivity contribution in [1.82, 2.24) is 15.6 Å². The highest BCUT2D eigenvalue weighted by molar-refractivity contribution is 5.81. The van der Waals surface area contributed by atoms with E-state index in [9.17, 15) is 4.79 Å². The highest BCUT2D eigenvalue weighted by atomic mass is 16.3. The number of carbonyl (C=O) groups is 1. The molecule has 0 aliphatic heterocycles. The van der Waals surface area contributed by atoms with Crippen molar-refractivity contribution in [2.24, 2.45) is 5.10 Å². The van der Waals surface area contributed by atoms with E-state index >= 15 is 0 Å². The fraction of sp³-hybridized carbons (Fsp3) is 0.385. The van der Waals surface area contributed by atoms with Gasteiger partial charge in [-0.2, -0.15) is 5.10 Å². The van der Waals surface area contributed by atoms with E-state index in [1.54, 1.807) is 24.3 Å². The van der Waals surface area contributed by atoms with Crippen molar-refractivity contribution >= 4 is 12.2 Å². The maximum absolute atomic E-state index is 11.3. The number of hydrogen-bond donors (Lipinski definition) is 3. The first-order valence-corrected chi connectivity index (χ1v) is 6.08. The van der Waals surface area contributed by atoms with E-state index in [0.29, 0.717) is 6.54 Å². The monoisotopic (exact) mass is 264 g/mol. The Morgan fingerprint density at radius 3 is 2.68 bits per heavy atom. The van der Waals surface area contributed by atoms with Gasteiger partial charge in [0.1, 0.15) is 5.75 Å². The Hall–Kier alpha value is -2.08. The van der Waals surface area contributed by atoms with Crippen molar-refractivity contribution in [1.29, 1.82) is 0 Å². The van der Waals surface area contributed by atoms with Crippen LogP contribution >= 0.6 is 0 Å². The van der Waals surface area contributed by atoms with Gasteiger partial charge in [0.2, 0.25) is 0 Å². The fourth-order valence-corrected chi connectivity index (χ4v) is 1.36. The molecule has 0 saturated carbocycles. The van der Waals surface area contributed by atoms with Gasteiger partial charge in [0, 0.05) is 6.54 Å². The zero-order valence-electron chi connectivity index (χ0n) is 11.3. The number of urea groups is 1. The summed E-state index contributed by atoms with van der Waals surface area (Å²) in [7, 11) is 3.98. The van der Waals surface area contributed by atoms with E-state index in [0.717, 1.165) is 18.5 Å². The summed E-state index contributed by atoms with van der Waals surface area (Å²) >= 11 is 0. The summed E-state index contributed by atoms with van der Waals surface area (Å²) in [5.41, 5.74) is 3.17. The van der Waals surface area contributed by atoms with Gasteiger partial charge in [-0.3, -0.25) is 0 Å². The van der Waals surface area contributed by atoms with Crippen LogP contribution in [0, 0.1) is 0 Å². The normalized spacial score (nSPS) is 10.9. The number of nitrogens with zero attached hydrogens (tertiary/aromatic N) is 2. The smallest absolute Gasteiger partial charge is 0.335 e. The Morgan fingerprint density at radius 2 is 2.05 bits per heavy atom. The number of hydrogen-bond acceptors (Lipinski definition) is 4. The number of phenolic OH excluding ortho intramolecular Hbond substituents is 1. The highest BCUT2D eigenvalue weighted by Gasteiger charge is 1.97. The third-order valence-corrected chi connectivity index (χ3v) is 2.34. The lowest BCUT2D eigenvalue weighted by molar-refractivity contribution is 0.240. The molecule has 0 atom stereocenters. The van der Waals surface area contributed by atoms with Crippen LogP contribution in [0.2, 0.25) is 0 Å². The first kappa shape index (κ1) is 15.0. The predicted octanol–water partition coefficient (Wildman–Crippen LogP) is 0.977. The zero-order chi connectivity index (χ0) is 14.1.